The first-order chi connectivity index (χ1) is 13.9. The van der Waals surface area contributed by atoms with Gasteiger partial charge < -0.3 is 5.32 Å². The summed E-state index contributed by atoms with van der Waals surface area (Å²) < 4.78 is 14.3. The minimum absolute atomic E-state index is 0.0406. The first-order valence-corrected chi connectivity index (χ1v) is 9.64. The molecular weight excluding hydrogens is 369 g/mol. The number of rotatable bonds is 7. The van der Waals surface area contributed by atoms with Gasteiger partial charge in [-0.25, -0.2) is 9.07 Å². The molecule has 0 saturated carbocycles. The number of aryl methyl sites for hydroxylation is 1. The van der Waals surface area contributed by atoms with E-state index >= 15 is 0 Å². The third-order valence-corrected chi connectivity index (χ3v) is 4.81. The molecule has 2 unspecified atom stereocenters. The van der Waals surface area contributed by atoms with Gasteiger partial charge in [0.05, 0.1) is 5.69 Å². The number of aromatic nitrogens is 2. The van der Waals surface area contributed by atoms with Crippen molar-refractivity contribution in [2.24, 2.45) is 0 Å². The molecule has 2 aromatic carbocycles. The number of benzene rings is 2. The van der Waals surface area contributed by atoms with Gasteiger partial charge in [-0.1, -0.05) is 30.3 Å². The molecule has 0 aliphatic carbocycles. The second-order valence-electron chi connectivity index (χ2n) is 7.12. The van der Waals surface area contributed by atoms with Gasteiger partial charge in [0.15, 0.2) is 0 Å². The van der Waals surface area contributed by atoms with E-state index in [-0.39, 0.29) is 23.3 Å². The van der Waals surface area contributed by atoms with Crippen LogP contribution in [0.3, 0.4) is 0 Å². The van der Waals surface area contributed by atoms with Crippen LogP contribution in [0.1, 0.15) is 31.9 Å². The van der Waals surface area contributed by atoms with Crippen molar-refractivity contribution in [3.63, 3.8) is 0 Å². The summed E-state index contributed by atoms with van der Waals surface area (Å²) in [5.41, 5.74) is 2.02. The molecule has 0 spiro atoms. The number of nitrogens with zero attached hydrogens (tertiary/aromatic N) is 2. The zero-order valence-corrected chi connectivity index (χ0v) is 16.5. The number of halogens is 1. The SMILES string of the molecule is CC(CCc1ccccc1)NC(=O)C(C)n1nc(-c2ccc(F)cc2)ccc1=O. The lowest BCUT2D eigenvalue weighted by molar-refractivity contribution is -0.124. The number of carbonyl (C=O) groups excluding carboxylic acids is 1. The lowest BCUT2D eigenvalue weighted by Crippen LogP contribution is -2.41. The van der Waals surface area contributed by atoms with Crippen LogP contribution in [-0.2, 0) is 11.2 Å². The maximum atomic E-state index is 13.1. The van der Waals surface area contributed by atoms with E-state index < -0.39 is 6.04 Å². The van der Waals surface area contributed by atoms with Gasteiger partial charge in [-0.05, 0) is 62.6 Å². The van der Waals surface area contributed by atoms with Gasteiger partial charge in [0.25, 0.3) is 5.56 Å². The van der Waals surface area contributed by atoms with Gasteiger partial charge in [0.2, 0.25) is 5.91 Å². The summed E-state index contributed by atoms with van der Waals surface area (Å²) in [4.78, 5) is 24.9. The average molecular weight is 393 g/mol. The van der Waals surface area contributed by atoms with Crippen molar-refractivity contribution in [3.05, 3.63) is 88.5 Å². The molecule has 0 saturated heterocycles. The fraction of sp³-hybridized carbons (Fsp3) is 0.261. The van der Waals surface area contributed by atoms with E-state index in [0.29, 0.717) is 11.3 Å². The predicted octanol–water partition coefficient (Wildman–Crippen LogP) is 3.75. The molecule has 0 radical (unpaired) electrons. The minimum atomic E-state index is -0.762. The number of carbonyl (C=O) groups is 1. The van der Waals surface area contributed by atoms with Crippen LogP contribution in [0.4, 0.5) is 4.39 Å². The van der Waals surface area contributed by atoms with Crippen molar-refractivity contribution in [1.82, 2.24) is 15.1 Å². The van der Waals surface area contributed by atoms with E-state index in [0.717, 1.165) is 17.5 Å². The molecule has 1 heterocycles. The summed E-state index contributed by atoms with van der Waals surface area (Å²) in [5.74, 6) is -0.615. The Hall–Kier alpha value is -3.28. The molecule has 0 aliphatic heterocycles. The molecule has 2 atom stereocenters. The third kappa shape index (κ3) is 5.38. The molecule has 3 aromatic rings. The smallest absolute Gasteiger partial charge is 0.267 e. The largest absolute Gasteiger partial charge is 0.352 e. The highest BCUT2D eigenvalue weighted by molar-refractivity contribution is 5.80. The monoisotopic (exact) mass is 393 g/mol. The highest BCUT2D eigenvalue weighted by Crippen LogP contribution is 2.16. The van der Waals surface area contributed by atoms with Crippen LogP contribution in [0, 0.1) is 5.82 Å². The van der Waals surface area contributed by atoms with Crippen LogP contribution in [0.2, 0.25) is 0 Å². The Morgan fingerprint density at radius 3 is 2.41 bits per heavy atom. The molecule has 0 aliphatic rings. The van der Waals surface area contributed by atoms with Crippen LogP contribution in [0.5, 0.6) is 0 Å². The summed E-state index contributed by atoms with van der Waals surface area (Å²) in [6, 6.07) is 18.0. The number of hydrogen-bond donors (Lipinski definition) is 1. The number of nitrogens with one attached hydrogen (secondary N) is 1. The van der Waals surface area contributed by atoms with E-state index in [4.69, 9.17) is 0 Å². The summed E-state index contributed by atoms with van der Waals surface area (Å²) in [6.45, 7) is 3.58. The maximum absolute atomic E-state index is 13.1. The van der Waals surface area contributed by atoms with Crippen molar-refractivity contribution in [3.8, 4) is 11.3 Å². The van der Waals surface area contributed by atoms with E-state index in [1.165, 1.54) is 23.8 Å². The van der Waals surface area contributed by atoms with Gasteiger partial charge in [0, 0.05) is 17.7 Å². The second kappa shape index (κ2) is 9.28. The lowest BCUT2D eigenvalue weighted by atomic mass is 10.1. The molecule has 6 heteroatoms. The summed E-state index contributed by atoms with van der Waals surface area (Å²) >= 11 is 0. The van der Waals surface area contributed by atoms with E-state index in [2.05, 4.69) is 22.5 Å². The molecule has 0 bridgehead atoms. The van der Waals surface area contributed by atoms with E-state index in [1.807, 2.05) is 25.1 Å². The van der Waals surface area contributed by atoms with Gasteiger partial charge in [-0.3, -0.25) is 9.59 Å². The zero-order valence-electron chi connectivity index (χ0n) is 16.5. The second-order valence-corrected chi connectivity index (χ2v) is 7.12. The number of amides is 1. The zero-order chi connectivity index (χ0) is 20.8. The molecule has 29 heavy (non-hydrogen) atoms. The summed E-state index contributed by atoms with van der Waals surface area (Å²) in [5, 5.41) is 7.27. The minimum Gasteiger partial charge on any atom is -0.352 e. The van der Waals surface area contributed by atoms with Crippen molar-refractivity contribution < 1.29 is 9.18 Å². The maximum Gasteiger partial charge on any atom is 0.267 e. The highest BCUT2D eigenvalue weighted by atomic mass is 19.1. The lowest BCUT2D eigenvalue weighted by Gasteiger charge is -2.19. The summed E-state index contributed by atoms with van der Waals surface area (Å²) in [7, 11) is 0. The van der Waals surface area contributed by atoms with Crippen LogP contribution in [0.25, 0.3) is 11.3 Å². The first kappa shape index (κ1) is 20.5. The normalized spacial score (nSPS) is 12.9. The Morgan fingerprint density at radius 2 is 1.72 bits per heavy atom. The standard InChI is InChI=1S/C23H24FN3O2/c1-16(8-9-18-6-4-3-5-7-18)25-23(29)17(2)27-22(28)15-14-21(26-27)19-10-12-20(24)13-11-19/h3-7,10-17H,8-9H2,1-2H3,(H,25,29). The predicted molar refractivity (Wildman–Crippen MR) is 111 cm³/mol. The Labute approximate surface area is 169 Å². The first-order valence-electron chi connectivity index (χ1n) is 9.64. The van der Waals surface area contributed by atoms with E-state index in [1.54, 1.807) is 25.1 Å². The molecule has 0 fully saturated rings. The molecule has 1 N–H and O–H groups in total. The van der Waals surface area contributed by atoms with Crippen molar-refractivity contribution in [1.29, 1.82) is 0 Å². The summed E-state index contributed by atoms with van der Waals surface area (Å²) in [6.07, 6.45) is 1.65. The molecule has 3 rings (SSSR count). The van der Waals surface area contributed by atoms with Crippen molar-refractivity contribution in [2.75, 3.05) is 0 Å². The van der Waals surface area contributed by atoms with Crippen LogP contribution in [-0.4, -0.2) is 21.7 Å². The van der Waals surface area contributed by atoms with Gasteiger partial charge in [-0.2, -0.15) is 5.10 Å². The molecular formula is C23H24FN3O2. The fourth-order valence-corrected chi connectivity index (χ4v) is 3.05. The molecule has 150 valence electrons. The van der Waals surface area contributed by atoms with Crippen LogP contribution < -0.4 is 10.9 Å². The quantitative estimate of drug-likeness (QED) is 0.665. The Kier molecular flexibility index (Phi) is 6.54. The van der Waals surface area contributed by atoms with Gasteiger partial charge >= 0.3 is 0 Å². The van der Waals surface area contributed by atoms with Crippen molar-refractivity contribution >= 4 is 5.91 Å². The van der Waals surface area contributed by atoms with Gasteiger partial charge in [0.1, 0.15) is 11.9 Å². The number of hydrogen-bond acceptors (Lipinski definition) is 3. The Balaban J connectivity index is 1.67. The highest BCUT2D eigenvalue weighted by Gasteiger charge is 2.19. The Morgan fingerprint density at radius 1 is 1.03 bits per heavy atom. The Bertz CT molecular complexity index is 1020. The van der Waals surface area contributed by atoms with Crippen LogP contribution >= 0.6 is 0 Å². The van der Waals surface area contributed by atoms with Gasteiger partial charge in [-0.15, -0.1) is 0 Å². The topological polar surface area (TPSA) is 64.0 Å². The van der Waals surface area contributed by atoms with Crippen LogP contribution in [0.15, 0.2) is 71.5 Å². The molecule has 5 nitrogen and oxygen atoms in total. The average Bonchev–Trinajstić information content (AvgIpc) is 2.73. The molecule has 1 amide bonds. The molecule has 1 aromatic heterocycles. The van der Waals surface area contributed by atoms with Crippen molar-refractivity contribution in [2.45, 2.75) is 38.8 Å². The fourth-order valence-electron chi connectivity index (χ4n) is 3.05. The van der Waals surface area contributed by atoms with E-state index in [9.17, 15) is 14.0 Å². The third-order valence-electron chi connectivity index (χ3n) is 4.81.